The van der Waals surface area contributed by atoms with Gasteiger partial charge in [-0.3, -0.25) is 4.98 Å². The average molecular weight is 306 g/mol. The van der Waals surface area contributed by atoms with Crippen molar-refractivity contribution in [3.05, 3.63) is 57.4 Å². The number of aliphatic hydroxyl groups is 1. The molecule has 0 aliphatic carbocycles. The molecule has 0 aliphatic rings. The molecule has 0 radical (unpaired) electrons. The van der Waals surface area contributed by atoms with E-state index >= 15 is 0 Å². The highest BCUT2D eigenvalue weighted by atomic mass is 35.5. The molecule has 2 aromatic rings. The van der Waals surface area contributed by atoms with Gasteiger partial charge in [-0.1, -0.05) is 17.7 Å². The van der Waals surface area contributed by atoms with Crippen molar-refractivity contribution >= 4 is 11.6 Å². The van der Waals surface area contributed by atoms with E-state index in [1.165, 1.54) is 0 Å². The van der Waals surface area contributed by atoms with E-state index in [2.05, 4.69) is 4.98 Å². The molecular formula is C17H20ClNO2. The first-order valence-electron chi connectivity index (χ1n) is 6.86. The molecule has 1 N–H and O–H groups in total. The summed E-state index contributed by atoms with van der Waals surface area (Å²) in [6, 6.07) is 5.60. The lowest BCUT2D eigenvalue weighted by atomic mass is 10.00. The first kappa shape index (κ1) is 15.8. The third-order valence-corrected chi connectivity index (χ3v) is 3.80. The van der Waals surface area contributed by atoms with Crippen molar-refractivity contribution < 1.29 is 9.84 Å². The fourth-order valence-corrected chi connectivity index (χ4v) is 2.83. The van der Waals surface area contributed by atoms with Crippen LogP contribution in [0.4, 0.5) is 0 Å². The molecule has 2 rings (SSSR count). The number of benzene rings is 1. The summed E-state index contributed by atoms with van der Waals surface area (Å²) in [4.78, 5) is 4.42. The Morgan fingerprint density at radius 3 is 2.57 bits per heavy atom. The highest BCUT2D eigenvalue weighted by molar-refractivity contribution is 6.30. The smallest absolute Gasteiger partial charge is 0.128 e. The number of aliphatic hydroxyl groups excluding tert-OH is 1. The van der Waals surface area contributed by atoms with E-state index in [-0.39, 0.29) is 0 Å². The number of methoxy groups -OCH3 is 1. The molecular weight excluding hydrogens is 286 g/mol. The Balaban J connectivity index is 2.29. The first-order valence-corrected chi connectivity index (χ1v) is 7.24. The summed E-state index contributed by atoms with van der Waals surface area (Å²) in [5.41, 5.74) is 4.63. The van der Waals surface area contributed by atoms with Gasteiger partial charge in [-0.05, 0) is 44.0 Å². The van der Waals surface area contributed by atoms with Crippen molar-refractivity contribution in [2.24, 2.45) is 0 Å². The van der Waals surface area contributed by atoms with Crippen LogP contribution in [0.25, 0.3) is 0 Å². The molecule has 1 aromatic heterocycles. The van der Waals surface area contributed by atoms with E-state index in [1.807, 2.05) is 32.9 Å². The van der Waals surface area contributed by atoms with Crippen LogP contribution >= 0.6 is 11.6 Å². The number of pyridine rings is 1. The zero-order valence-corrected chi connectivity index (χ0v) is 13.5. The van der Waals surface area contributed by atoms with Gasteiger partial charge >= 0.3 is 0 Å². The SMILES string of the molecule is COc1c(C)cnc(CC(O)c2cc(C)cc(Cl)c2)c1C. The second kappa shape index (κ2) is 6.46. The van der Waals surface area contributed by atoms with Crippen LogP contribution in [0, 0.1) is 20.8 Å². The van der Waals surface area contributed by atoms with Crippen molar-refractivity contribution in [1.29, 1.82) is 0 Å². The van der Waals surface area contributed by atoms with E-state index in [0.717, 1.165) is 33.7 Å². The van der Waals surface area contributed by atoms with Gasteiger partial charge in [-0.15, -0.1) is 0 Å². The van der Waals surface area contributed by atoms with Gasteiger partial charge in [0.25, 0.3) is 0 Å². The number of ether oxygens (including phenoxy) is 1. The maximum absolute atomic E-state index is 10.4. The van der Waals surface area contributed by atoms with E-state index in [1.54, 1.807) is 19.4 Å². The van der Waals surface area contributed by atoms with Gasteiger partial charge in [0.05, 0.1) is 13.2 Å². The minimum atomic E-state index is -0.638. The highest BCUT2D eigenvalue weighted by Crippen LogP contribution is 2.28. The highest BCUT2D eigenvalue weighted by Gasteiger charge is 2.15. The third-order valence-electron chi connectivity index (χ3n) is 3.59. The van der Waals surface area contributed by atoms with Crippen LogP contribution in [-0.2, 0) is 6.42 Å². The number of hydrogen-bond donors (Lipinski definition) is 1. The average Bonchev–Trinajstić information content (AvgIpc) is 2.41. The summed E-state index contributed by atoms with van der Waals surface area (Å²) in [6.45, 7) is 5.88. The number of rotatable bonds is 4. The Bertz CT molecular complexity index is 635. The largest absolute Gasteiger partial charge is 0.496 e. The van der Waals surface area contributed by atoms with Gasteiger partial charge in [0.2, 0.25) is 0 Å². The van der Waals surface area contributed by atoms with Gasteiger partial charge in [0, 0.05) is 34.5 Å². The van der Waals surface area contributed by atoms with E-state index in [9.17, 15) is 5.11 Å². The number of nitrogens with zero attached hydrogens (tertiary/aromatic N) is 1. The van der Waals surface area contributed by atoms with E-state index in [4.69, 9.17) is 16.3 Å². The topological polar surface area (TPSA) is 42.4 Å². The molecule has 0 saturated heterocycles. The quantitative estimate of drug-likeness (QED) is 0.930. The van der Waals surface area contributed by atoms with Gasteiger partial charge in [-0.25, -0.2) is 0 Å². The number of aromatic nitrogens is 1. The predicted octanol–water partition coefficient (Wildman–Crippen LogP) is 3.94. The van der Waals surface area contributed by atoms with Crippen molar-refractivity contribution in [2.45, 2.75) is 33.3 Å². The lowest BCUT2D eigenvalue weighted by Gasteiger charge is -2.16. The van der Waals surface area contributed by atoms with Crippen molar-refractivity contribution in [1.82, 2.24) is 4.98 Å². The molecule has 0 spiro atoms. The summed E-state index contributed by atoms with van der Waals surface area (Å²) < 4.78 is 5.40. The molecule has 0 bridgehead atoms. The van der Waals surface area contributed by atoms with Crippen LogP contribution < -0.4 is 4.74 Å². The fourth-order valence-electron chi connectivity index (χ4n) is 2.53. The summed E-state index contributed by atoms with van der Waals surface area (Å²) >= 11 is 6.05. The van der Waals surface area contributed by atoms with Gasteiger partial charge in [0.1, 0.15) is 5.75 Å². The second-order valence-corrected chi connectivity index (χ2v) is 5.76. The molecule has 0 aliphatic heterocycles. The van der Waals surface area contributed by atoms with Crippen molar-refractivity contribution in [3.8, 4) is 5.75 Å². The summed E-state index contributed by atoms with van der Waals surface area (Å²) in [6.07, 6.45) is 1.57. The molecule has 1 atom stereocenters. The van der Waals surface area contributed by atoms with E-state index < -0.39 is 6.10 Å². The molecule has 21 heavy (non-hydrogen) atoms. The summed E-state index contributed by atoms with van der Waals surface area (Å²) in [5.74, 6) is 0.828. The summed E-state index contributed by atoms with van der Waals surface area (Å²) in [7, 11) is 1.65. The molecule has 1 heterocycles. The number of aryl methyl sites for hydroxylation is 2. The molecule has 4 heteroatoms. The minimum absolute atomic E-state index is 0.433. The number of hydrogen-bond acceptors (Lipinski definition) is 3. The molecule has 112 valence electrons. The Labute approximate surface area is 130 Å². The lowest BCUT2D eigenvalue weighted by molar-refractivity contribution is 0.177. The van der Waals surface area contributed by atoms with Crippen LogP contribution in [0.3, 0.4) is 0 Å². The van der Waals surface area contributed by atoms with Crippen molar-refractivity contribution in [2.75, 3.05) is 7.11 Å². The monoisotopic (exact) mass is 305 g/mol. The van der Waals surface area contributed by atoms with Crippen LogP contribution in [-0.4, -0.2) is 17.2 Å². The molecule has 0 amide bonds. The third kappa shape index (κ3) is 3.55. The normalized spacial score (nSPS) is 12.3. The standard InChI is InChI=1S/C17H20ClNO2/c1-10-5-13(7-14(18)6-10)16(20)8-15-12(3)17(21-4)11(2)9-19-15/h5-7,9,16,20H,8H2,1-4H3. The molecule has 1 aromatic carbocycles. The van der Waals surface area contributed by atoms with Gasteiger partial charge in [0.15, 0.2) is 0 Å². The zero-order valence-electron chi connectivity index (χ0n) is 12.8. The Hall–Kier alpha value is -1.58. The fraction of sp³-hybridized carbons (Fsp3) is 0.353. The van der Waals surface area contributed by atoms with Crippen LogP contribution in [0.1, 0.15) is 34.1 Å². The lowest BCUT2D eigenvalue weighted by Crippen LogP contribution is -2.07. The molecule has 1 unspecified atom stereocenters. The van der Waals surface area contributed by atoms with Gasteiger partial charge in [-0.2, -0.15) is 0 Å². The zero-order chi connectivity index (χ0) is 15.6. The van der Waals surface area contributed by atoms with E-state index in [0.29, 0.717) is 11.4 Å². The maximum Gasteiger partial charge on any atom is 0.128 e. The maximum atomic E-state index is 10.4. The molecule has 0 saturated carbocycles. The Kier molecular flexibility index (Phi) is 4.86. The first-order chi connectivity index (χ1) is 9.92. The Morgan fingerprint density at radius 1 is 1.24 bits per heavy atom. The molecule has 0 fully saturated rings. The molecule has 3 nitrogen and oxygen atoms in total. The Morgan fingerprint density at radius 2 is 1.95 bits per heavy atom. The van der Waals surface area contributed by atoms with Gasteiger partial charge < -0.3 is 9.84 Å². The predicted molar refractivity (Wildman–Crippen MR) is 85.1 cm³/mol. The second-order valence-electron chi connectivity index (χ2n) is 5.33. The summed E-state index contributed by atoms with van der Waals surface area (Å²) in [5, 5.41) is 11.1. The van der Waals surface area contributed by atoms with Crippen LogP contribution in [0.15, 0.2) is 24.4 Å². The van der Waals surface area contributed by atoms with Crippen LogP contribution in [0.2, 0.25) is 5.02 Å². The van der Waals surface area contributed by atoms with Crippen LogP contribution in [0.5, 0.6) is 5.75 Å². The minimum Gasteiger partial charge on any atom is -0.496 e. The van der Waals surface area contributed by atoms with Crippen molar-refractivity contribution in [3.63, 3.8) is 0 Å². The number of halogens is 1.